The summed E-state index contributed by atoms with van der Waals surface area (Å²) in [6.07, 6.45) is 6.21. The lowest BCUT2D eigenvalue weighted by atomic mass is 9.77. The van der Waals surface area contributed by atoms with Crippen molar-refractivity contribution in [3.63, 3.8) is 0 Å². The lowest BCUT2D eigenvalue weighted by Crippen LogP contribution is -2.18. The van der Waals surface area contributed by atoms with Crippen LogP contribution in [0.1, 0.15) is 39.5 Å². The second-order valence-corrected chi connectivity index (χ2v) is 4.57. The summed E-state index contributed by atoms with van der Waals surface area (Å²) in [4.78, 5) is 0. The molecule has 2 atom stereocenters. The van der Waals surface area contributed by atoms with Crippen molar-refractivity contribution in [1.82, 2.24) is 0 Å². The molecule has 0 nitrogen and oxygen atoms in total. The van der Waals surface area contributed by atoms with Crippen LogP contribution in [0.25, 0.3) is 0 Å². The van der Waals surface area contributed by atoms with Crippen LogP contribution in [0.5, 0.6) is 0 Å². The summed E-state index contributed by atoms with van der Waals surface area (Å²) in [7, 11) is 0. The molecule has 0 heterocycles. The zero-order valence-electron chi connectivity index (χ0n) is 7.14. The third-order valence-electron chi connectivity index (χ3n) is 3.73. The molecule has 2 fully saturated rings. The molecule has 0 aromatic heterocycles. The zero-order chi connectivity index (χ0) is 7.14. The van der Waals surface area contributed by atoms with Crippen LogP contribution < -0.4 is 0 Å². The summed E-state index contributed by atoms with van der Waals surface area (Å²) < 4.78 is 0. The van der Waals surface area contributed by atoms with Crippen LogP contribution in [-0.4, -0.2) is 0 Å². The Labute approximate surface area is 64.0 Å². The van der Waals surface area contributed by atoms with E-state index in [4.69, 9.17) is 0 Å². The van der Waals surface area contributed by atoms with Crippen LogP contribution in [0, 0.1) is 23.7 Å². The third-order valence-corrected chi connectivity index (χ3v) is 3.73. The van der Waals surface area contributed by atoms with Crippen LogP contribution in [-0.2, 0) is 0 Å². The van der Waals surface area contributed by atoms with Gasteiger partial charge in [-0.1, -0.05) is 13.8 Å². The Bertz CT molecular complexity index is 114. The second-order valence-electron chi connectivity index (χ2n) is 4.57. The van der Waals surface area contributed by atoms with E-state index in [2.05, 4.69) is 13.8 Å². The SMILES string of the molecule is CC(C)C1CC2CCC2C1. The van der Waals surface area contributed by atoms with Crippen molar-refractivity contribution < 1.29 is 0 Å². The van der Waals surface area contributed by atoms with E-state index in [9.17, 15) is 0 Å². The summed E-state index contributed by atoms with van der Waals surface area (Å²) in [6, 6.07) is 0. The van der Waals surface area contributed by atoms with Crippen LogP contribution in [0.15, 0.2) is 0 Å². The van der Waals surface area contributed by atoms with Crippen molar-refractivity contribution in [2.75, 3.05) is 0 Å². The Morgan fingerprint density at radius 1 is 1.00 bits per heavy atom. The van der Waals surface area contributed by atoms with Gasteiger partial charge in [-0.05, 0) is 49.4 Å². The molecule has 0 aromatic carbocycles. The molecule has 0 radical (unpaired) electrons. The molecule has 0 amide bonds. The molecule has 0 saturated heterocycles. The van der Waals surface area contributed by atoms with Crippen molar-refractivity contribution in [1.29, 1.82) is 0 Å². The first-order chi connectivity index (χ1) is 4.77. The molecule has 58 valence electrons. The molecule has 0 heteroatoms. The third kappa shape index (κ3) is 0.889. The molecular formula is C10H18. The van der Waals surface area contributed by atoms with Gasteiger partial charge in [0, 0.05) is 0 Å². The fraction of sp³-hybridized carbons (Fsp3) is 1.00. The first-order valence-corrected chi connectivity index (χ1v) is 4.77. The highest BCUT2D eigenvalue weighted by atomic mass is 14.5. The van der Waals surface area contributed by atoms with Gasteiger partial charge in [0.1, 0.15) is 0 Å². The van der Waals surface area contributed by atoms with Crippen molar-refractivity contribution in [3.8, 4) is 0 Å². The minimum atomic E-state index is 0.950. The predicted molar refractivity (Wildman–Crippen MR) is 43.8 cm³/mol. The second kappa shape index (κ2) is 2.25. The molecule has 0 N–H and O–H groups in total. The first kappa shape index (κ1) is 6.69. The molecular weight excluding hydrogens is 120 g/mol. The summed E-state index contributed by atoms with van der Waals surface area (Å²) in [5.41, 5.74) is 0. The topological polar surface area (TPSA) is 0 Å². The van der Waals surface area contributed by atoms with E-state index in [1.165, 1.54) is 0 Å². The van der Waals surface area contributed by atoms with Gasteiger partial charge < -0.3 is 0 Å². The molecule has 2 aliphatic carbocycles. The monoisotopic (exact) mass is 138 g/mol. The highest BCUT2D eigenvalue weighted by molar-refractivity contribution is 4.91. The van der Waals surface area contributed by atoms with Gasteiger partial charge in [-0.3, -0.25) is 0 Å². The van der Waals surface area contributed by atoms with Crippen molar-refractivity contribution in [3.05, 3.63) is 0 Å². The maximum atomic E-state index is 2.38. The van der Waals surface area contributed by atoms with E-state index in [1.54, 1.807) is 25.7 Å². The maximum Gasteiger partial charge on any atom is -0.0383 e. The average Bonchev–Trinajstić information content (AvgIpc) is 2.09. The number of fused-ring (bicyclic) bond motifs is 1. The molecule has 0 spiro atoms. The Kier molecular flexibility index (Phi) is 1.51. The summed E-state index contributed by atoms with van der Waals surface area (Å²) in [6.45, 7) is 4.77. The van der Waals surface area contributed by atoms with Gasteiger partial charge in [0.15, 0.2) is 0 Å². The predicted octanol–water partition coefficient (Wildman–Crippen LogP) is 3.08. The van der Waals surface area contributed by atoms with Gasteiger partial charge in [-0.15, -0.1) is 0 Å². The highest BCUT2D eigenvalue weighted by Crippen LogP contribution is 2.51. The molecule has 0 bridgehead atoms. The quantitative estimate of drug-likeness (QED) is 0.522. The van der Waals surface area contributed by atoms with E-state index < -0.39 is 0 Å². The number of hydrogen-bond donors (Lipinski definition) is 0. The van der Waals surface area contributed by atoms with E-state index >= 15 is 0 Å². The van der Waals surface area contributed by atoms with Gasteiger partial charge in [0.2, 0.25) is 0 Å². The minimum absolute atomic E-state index is 0.950. The normalized spacial score (nSPS) is 45.3. The number of rotatable bonds is 1. The largest absolute Gasteiger partial charge is 0.0625 e. The summed E-state index contributed by atoms with van der Waals surface area (Å²) in [5, 5.41) is 0. The van der Waals surface area contributed by atoms with Crippen molar-refractivity contribution in [2.24, 2.45) is 23.7 Å². The van der Waals surface area contributed by atoms with Crippen LogP contribution in [0.2, 0.25) is 0 Å². The smallest absolute Gasteiger partial charge is 0.0383 e. The summed E-state index contributed by atoms with van der Waals surface area (Å²) in [5.74, 6) is 4.35. The Morgan fingerprint density at radius 3 is 1.80 bits per heavy atom. The lowest BCUT2D eigenvalue weighted by molar-refractivity contribution is 0.219. The Balaban J connectivity index is 1.92. The van der Waals surface area contributed by atoms with Gasteiger partial charge in [-0.2, -0.15) is 0 Å². The first-order valence-electron chi connectivity index (χ1n) is 4.77. The fourth-order valence-electron chi connectivity index (χ4n) is 2.68. The minimum Gasteiger partial charge on any atom is -0.0625 e. The lowest BCUT2D eigenvalue weighted by Gasteiger charge is -2.29. The highest BCUT2D eigenvalue weighted by Gasteiger charge is 2.40. The molecule has 2 rings (SSSR count). The van der Waals surface area contributed by atoms with Gasteiger partial charge in [-0.25, -0.2) is 0 Å². The molecule has 2 saturated carbocycles. The summed E-state index contributed by atoms with van der Waals surface area (Å²) >= 11 is 0. The standard InChI is InChI=1S/C10H18/c1-7(2)10-5-8-3-4-9(8)6-10/h7-10H,3-6H2,1-2H3. The van der Waals surface area contributed by atoms with Crippen LogP contribution in [0.4, 0.5) is 0 Å². The van der Waals surface area contributed by atoms with E-state index in [0.29, 0.717) is 0 Å². The van der Waals surface area contributed by atoms with Crippen molar-refractivity contribution >= 4 is 0 Å². The molecule has 0 aliphatic heterocycles. The van der Waals surface area contributed by atoms with E-state index in [1.807, 2.05) is 0 Å². The van der Waals surface area contributed by atoms with Gasteiger partial charge in [0.05, 0.1) is 0 Å². The molecule has 0 aromatic rings. The van der Waals surface area contributed by atoms with Crippen molar-refractivity contribution in [2.45, 2.75) is 39.5 Å². The van der Waals surface area contributed by atoms with Gasteiger partial charge >= 0.3 is 0 Å². The zero-order valence-corrected chi connectivity index (χ0v) is 7.14. The number of hydrogen-bond acceptors (Lipinski definition) is 0. The Morgan fingerprint density at radius 2 is 1.50 bits per heavy atom. The van der Waals surface area contributed by atoms with E-state index in [-0.39, 0.29) is 0 Å². The van der Waals surface area contributed by atoms with Gasteiger partial charge in [0.25, 0.3) is 0 Å². The average molecular weight is 138 g/mol. The molecule has 2 aliphatic rings. The maximum absolute atomic E-state index is 2.38. The van der Waals surface area contributed by atoms with Crippen LogP contribution >= 0.6 is 0 Å². The molecule has 2 unspecified atom stereocenters. The Hall–Kier alpha value is 0. The van der Waals surface area contributed by atoms with Crippen LogP contribution in [0.3, 0.4) is 0 Å². The van der Waals surface area contributed by atoms with E-state index in [0.717, 1.165) is 23.7 Å². The fourth-order valence-corrected chi connectivity index (χ4v) is 2.68. The molecule has 10 heavy (non-hydrogen) atoms.